The summed E-state index contributed by atoms with van der Waals surface area (Å²) in [6.45, 7) is 2.05. The Bertz CT molecular complexity index is 1240. The van der Waals surface area contributed by atoms with Gasteiger partial charge in [0.25, 0.3) is 5.56 Å². The van der Waals surface area contributed by atoms with Crippen LogP contribution in [0.3, 0.4) is 0 Å². The van der Waals surface area contributed by atoms with E-state index in [1.54, 1.807) is 35.8 Å². The van der Waals surface area contributed by atoms with Gasteiger partial charge >= 0.3 is 5.97 Å². The average molecular weight is 546 g/mol. The molecular weight excluding hydrogens is 526 g/mol. The van der Waals surface area contributed by atoms with Gasteiger partial charge in [0.2, 0.25) is 5.91 Å². The van der Waals surface area contributed by atoms with Crippen molar-refractivity contribution in [3.8, 4) is 5.69 Å². The Labute approximate surface area is 207 Å². The lowest BCUT2D eigenvalue weighted by Crippen LogP contribution is -2.24. The second kappa shape index (κ2) is 10.6. The summed E-state index contributed by atoms with van der Waals surface area (Å²) in [5.41, 5.74) is 2.36. The molecule has 1 amide bonds. The summed E-state index contributed by atoms with van der Waals surface area (Å²) in [5, 5.41) is 3.29. The Hall–Kier alpha value is -2.56. The van der Waals surface area contributed by atoms with Crippen LogP contribution >= 0.6 is 39.5 Å². The molecule has 2 aromatic carbocycles. The van der Waals surface area contributed by atoms with Crippen LogP contribution in [0.5, 0.6) is 0 Å². The average Bonchev–Trinajstić information content (AvgIpc) is 3.28. The van der Waals surface area contributed by atoms with E-state index in [2.05, 4.69) is 21.2 Å². The molecule has 0 saturated heterocycles. The fourth-order valence-corrected chi connectivity index (χ4v) is 5.36. The van der Waals surface area contributed by atoms with E-state index in [0.717, 1.165) is 22.3 Å². The molecule has 1 aromatic heterocycles. The van der Waals surface area contributed by atoms with Crippen LogP contribution in [0.1, 0.15) is 23.0 Å². The molecule has 0 saturated carbocycles. The number of rotatable bonds is 7. The van der Waals surface area contributed by atoms with Crippen molar-refractivity contribution in [1.82, 2.24) is 9.55 Å². The van der Waals surface area contributed by atoms with E-state index < -0.39 is 5.97 Å². The Balaban J connectivity index is 1.50. The first kappa shape index (κ1) is 23.6. The van der Waals surface area contributed by atoms with E-state index in [9.17, 15) is 14.4 Å². The predicted molar refractivity (Wildman–Crippen MR) is 134 cm³/mol. The van der Waals surface area contributed by atoms with Gasteiger partial charge in [-0.15, -0.1) is 11.8 Å². The highest BCUT2D eigenvalue weighted by molar-refractivity contribution is 9.10. The summed E-state index contributed by atoms with van der Waals surface area (Å²) in [6, 6.07) is 13.9. The van der Waals surface area contributed by atoms with Crippen LogP contribution in [0, 0.1) is 0 Å². The number of nitrogens with zero attached hydrogens (tertiary/aromatic N) is 2. The number of carbonyl (C=O) groups is 2. The number of amides is 1. The van der Waals surface area contributed by atoms with E-state index in [0.29, 0.717) is 33.6 Å². The van der Waals surface area contributed by atoms with Gasteiger partial charge in [-0.1, -0.05) is 27.7 Å². The molecular formula is C23H20BrN3O4S2. The normalized spacial score (nSPS) is 12.3. The highest BCUT2D eigenvalue weighted by Crippen LogP contribution is 2.30. The molecule has 7 nitrogen and oxygen atoms in total. The van der Waals surface area contributed by atoms with Crippen LogP contribution in [0.2, 0.25) is 0 Å². The van der Waals surface area contributed by atoms with Crippen molar-refractivity contribution in [2.24, 2.45) is 0 Å². The predicted octanol–water partition coefficient (Wildman–Crippen LogP) is 4.55. The first-order valence-corrected chi connectivity index (χ1v) is 13.0. The third kappa shape index (κ3) is 5.51. The number of hydrogen-bond acceptors (Lipinski definition) is 7. The molecule has 0 bridgehead atoms. The van der Waals surface area contributed by atoms with Crippen LogP contribution < -0.4 is 10.9 Å². The maximum atomic E-state index is 13.2. The number of aromatic nitrogens is 2. The van der Waals surface area contributed by atoms with Crippen molar-refractivity contribution in [1.29, 1.82) is 0 Å². The molecule has 1 aliphatic rings. The quantitative estimate of drug-likeness (QED) is 0.264. The lowest BCUT2D eigenvalue weighted by Gasteiger charge is -2.14. The Morgan fingerprint density at radius 1 is 1.18 bits per heavy atom. The highest BCUT2D eigenvalue weighted by atomic mass is 79.9. The zero-order valence-corrected chi connectivity index (χ0v) is 20.9. The molecule has 0 radical (unpaired) electrons. The first-order valence-electron chi connectivity index (χ1n) is 10.2. The summed E-state index contributed by atoms with van der Waals surface area (Å²) in [7, 11) is 0. The fraction of sp³-hybridized carbons (Fsp3) is 0.217. The van der Waals surface area contributed by atoms with Gasteiger partial charge in [-0.3, -0.25) is 14.2 Å². The fourth-order valence-electron chi connectivity index (χ4n) is 3.24. The van der Waals surface area contributed by atoms with Gasteiger partial charge in [-0.05, 0) is 55.5 Å². The highest BCUT2D eigenvalue weighted by Gasteiger charge is 2.23. The zero-order valence-electron chi connectivity index (χ0n) is 17.7. The Kier molecular flexibility index (Phi) is 7.56. The number of nitrogens with one attached hydrogen (secondary N) is 1. The molecule has 33 heavy (non-hydrogen) atoms. The summed E-state index contributed by atoms with van der Waals surface area (Å²) in [6.07, 6.45) is 0.739. The SMILES string of the molecule is CCOC(=O)c1ccc(NC(=O)CSc2nc3c(c(=O)n2-c2ccc(Br)cc2)SCC3)cc1. The standard InChI is InChI=1S/C23H20BrN3O4S2/c1-2-31-22(30)14-3-7-16(8-4-14)25-19(28)13-33-23-26-18-11-12-32-20(18)21(29)27(23)17-9-5-15(24)6-10-17/h3-10H,2,11-13H2,1H3,(H,25,28). The summed E-state index contributed by atoms with van der Waals surface area (Å²) < 4.78 is 7.44. The minimum Gasteiger partial charge on any atom is -0.462 e. The number of esters is 1. The minimum absolute atomic E-state index is 0.0779. The van der Waals surface area contributed by atoms with E-state index >= 15 is 0 Å². The Morgan fingerprint density at radius 3 is 2.61 bits per heavy atom. The van der Waals surface area contributed by atoms with Gasteiger partial charge in [0, 0.05) is 22.3 Å². The molecule has 0 fully saturated rings. The molecule has 0 atom stereocenters. The van der Waals surface area contributed by atoms with E-state index in [4.69, 9.17) is 9.72 Å². The number of halogens is 1. The third-order valence-corrected chi connectivity index (χ3v) is 7.34. The van der Waals surface area contributed by atoms with Crippen LogP contribution in [0.25, 0.3) is 5.69 Å². The van der Waals surface area contributed by atoms with Gasteiger partial charge in [-0.25, -0.2) is 9.78 Å². The monoisotopic (exact) mass is 545 g/mol. The van der Waals surface area contributed by atoms with Gasteiger partial charge < -0.3 is 10.1 Å². The molecule has 2 heterocycles. The van der Waals surface area contributed by atoms with Crippen LogP contribution in [0.15, 0.2) is 67.9 Å². The number of anilines is 1. The van der Waals surface area contributed by atoms with Crippen molar-refractivity contribution < 1.29 is 14.3 Å². The lowest BCUT2D eigenvalue weighted by atomic mass is 10.2. The Morgan fingerprint density at radius 2 is 1.91 bits per heavy atom. The summed E-state index contributed by atoms with van der Waals surface area (Å²) in [4.78, 5) is 42.9. The maximum Gasteiger partial charge on any atom is 0.338 e. The van der Waals surface area contributed by atoms with Gasteiger partial charge in [0.1, 0.15) is 0 Å². The number of ether oxygens (including phenoxy) is 1. The van der Waals surface area contributed by atoms with E-state index in [1.807, 2.05) is 24.3 Å². The largest absolute Gasteiger partial charge is 0.462 e. The molecule has 0 spiro atoms. The number of fused-ring (bicyclic) bond motifs is 1. The van der Waals surface area contributed by atoms with Crippen molar-refractivity contribution in [3.05, 3.63) is 74.6 Å². The number of carbonyl (C=O) groups excluding carboxylic acids is 2. The van der Waals surface area contributed by atoms with Crippen LogP contribution in [0.4, 0.5) is 5.69 Å². The van der Waals surface area contributed by atoms with Crippen LogP contribution in [-0.2, 0) is 16.0 Å². The molecule has 170 valence electrons. The zero-order chi connectivity index (χ0) is 23.4. The second-order valence-corrected chi connectivity index (χ2v) is 9.98. The smallest absolute Gasteiger partial charge is 0.338 e. The summed E-state index contributed by atoms with van der Waals surface area (Å²) in [5.74, 6) is 0.260. The third-order valence-electron chi connectivity index (χ3n) is 4.76. The van der Waals surface area contributed by atoms with E-state index in [-0.39, 0.29) is 17.2 Å². The molecule has 1 N–H and O–H groups in total. The maximum absolute atomic E-state index is 13.2. The summed E-state index contributed by atoms with van der Waals surface area (Å²) >= 11 is 6.15. The number of thioether (sulfide) groups is 2. The number of benzene rings is 2. The second-order valence-electron chi connectivity index (χ2n) is 7.02. The molecule has 10 heteroatoms. The van der Waals surface area contributed by atoms with Crippen molar-refractivity contribution in [3.63, 3.8) is 0 Å². The molecule has 3 aromatic rings. The van der Waals surface area contributed by atoms with Gasteiger partial charge in [-0.2, -0.15) is 0 Å². The lowest BCUT2D eigenvalue weighted by molar-refractivity contribution is -0.113. The first-order chi connectivity index (χ1) is 16.0. The molecule has 4 rings (SSSR count). The topological polar surface area (TPSA) is 90.3 Å². The number of hydrogen-bond donors (Lipinski definition) is 1. The molecule has 0 unspecified atom stereocenters. The van der Waals surface area contributed by atoms with Gasteiger partial charge in [0.15, 0.2) is 5.16 Å². The minimum atomic E-state index is -0.405. The van der Waals surface area contributed by atoms with E-state index in [1.165, 1.54) is 23.5 Å². The van der Waals surface area contributed by atoms with Gasteiger partial charge in [0.05, 0.1) is 34.2 Å². The van der Waals surface area contributed by atoms with Crippen molar-refractivity contribution in [2.45, 2.75) is 23.4 Å². The molecule has 0 aliphatic carbocycles. The molecule has 1 aliphatic heterocycles. The van der Waals surface area contributed by atoms with Crippen LogP contribution in [-0.4, -0.2) is 39.5 Å². The van der Waals surface area contributed by atoms with Crippen molar-refractivity contribution >= 4 is 57.0 Å². The number of aryl methyl sites for hydroxylation is 1. The van der Waals surface area contributed by atoms with Crippen molar-refractivity contribution in [2.75, 3.05) is 23.4 Å².